The summed E-state index contributed by atoms with van der Waals surface area (Å²) in [5.74, 6) is -0.0927. The minimum atomic E-state index is -0.869. The third-order valence-electron chi connectivity index (χ3n) is 4.30. The molecule has 3 rings (SSSR count). The SMILES string of the molecule is CN1C2=C(CCCC(C(=O)O)N2)Cc2ccc([N+](=O)[O-])cc21. The van der Waals surface area contributed by atoms with Gasteiger partial charge in [-0.05, 0) is 42.9 Å². The van der Waals surface area contributed by atoms with Crippen LogP contribution in [0.4, 0.5) is 11.4 Å². The molecule has 0 bridgehead atoms. The summed E-state index contributed by atoms with van der Waals surface area (Å²) in [5, 5.41) is 23.3. The molecule has 0 aromatic heterocycles. The Labute approximate surface area is 127 Å². The zero-order valence-corrected chi connectivity index (χ0v) is 12.2. The Morgan fingerprint density at radius 3 is 2.95 bits per heavy atom. The molecule has 0 aliphatic carbocycles. The quantitative estimate of drug-likeness (QED) is 0.641. The van der Waals surface area contributed by atoms with Gasteiger partial charge < -0.3 is 15.3 Å². The molecule has 1 aromatic carbocycles. The molecule has 0 spiro atoms. The molecule has 7 heteroatoms. The second-order valence-electron chi connectivity index (χ2n) is 5.69. The summed E-state index contributed by atoms with van der Waals surface area (Å²) in [6.45, 7) is 0. The van der Waals surface area contributed by atoms with Crippen LogP contribution >= 0.6 is 0 Å². The van der Waals surface area contributed by atoms with Crippen LogP contribution in [0.2, 0.25) is 0 Å². The van der Waals surface area contributed by atoms with E-state index in [-0.39, 0.29) is 5.69 Å². The van der Waals surface area contributed by atoms with Crippen molar-refractivity contribution in [3.05, 3.63) is 45.3 Å². The first-order chi connectivity index (χ1) is 10.5. The second-order valence-corrected chi connectivity index (χ2v) is 5.69. The Balaban J connectivity index is 1.99. The number of anilines is 1. The standard InChI is InChI=1S/C15H17N3O4/c1-17-13-8-11(18(21)22)6-5-9(13)7-10-3-2-4-12(15(19)20)16-14(10)17/h5-6,8,12,16H,2-4,7H2,1H3,(H,19,20). The highest BCUT2D eigenvalue weighted by Gasteiger charge is 2.30. The Bertz CT molecular complexity index is 683. The van der Waals surface area contributed by atoms with Gasteiger partial charge in [0, 0.05) is 19.2 Å². The maximum absolute atomic E-state index is 11.3. The van der Waals surface area contributed by atoms with Crippen molar-refractivity contribution in [2.45, 2.75) is 31.7 Å². The number of rotatable bonds is 2. The largest absolute Gasteiger partial charge is 0.480 e. The topological polar surface area (TPSA) is 95.7 Å². The van der Waals surface area contributed by atoms with Crippen molar-refractivity contribution in [1.82, 2.24) is 5.32 Å². The van der Waals surface area contributed by atoms with Crippen LogP contribution in [0.15, 0.2) is 29.6 Å². The summed E-state index contributed by atoms with van der Waals surface area (Å²) in [6, 6.07) is 4.23. The number of nitro groups is 1. The number of fused-ring (bicyclic) bond motifs is 1. The highest BCUT2D eigenvalue weighted by atomic mass is 16.6. The summed E-state index contributed by atoms with van der Waals surface area (Å²) >= 11 is 0. The Kier molecular flexibility index (Phi) is 3.48. The van der Waals surface area contributed by atoms with Gasteiger partial charge in [0.1, 0.15) is 11.9 Å². The lowest BCUT2D eigenvalue weighted by atomic mass is 9.95. The van der Waals surface area contributed by atoms with E-state index >= 15 is 0 Å². The van der Waals surface area contributed by atoms with Gasteiger partial charge in [-0.15, -0.1) is 0 Å². The minimum absolute atomic E-state index is 0.0399. The summed E-state index contributed by atoms with van der Waals surface area (Å²) in [7, 11) is 1.81. The fraction of sp³-hybridized carbons (Fsp3) is 0.400. The highest BCUT2D eigenvalue weighted by molar-refractivity contribution is 5.75. The van der Waals surface area contributed by atoms with Crippen molar-refractivity contribution in [3.8, 4) is 0 Å². The van der Waals surface area contributed by atoms with Gasteiger partial charge in [-0.3, -0.25) is 10.1 Å². The van der Waals surface area contributed by atoms with Crippen molar-refractivity contribution in [3.63, 3.8) is 0 Å². The van der Waals surface area contributed by atoms with Crippen LogP contribution in [0.25, 0.3) is 0 Å². The number of hydrogen-bond acceptors (Lipinski definition) is 5. The number of aliphatic carboxylic acids is 1. The molecule has 0 saturated heterocycles. The molecule has 0 amide bonds. The van der Waals surface area contributed by atoms with E-state index in [4.69, 9.17) is 0 Å². The number of carboxylic acid groups (broad SMARTS) is 1. The van der Waals surface area contributed by atoms with E-state index in [2.05, 4.69) is 5.32 Å². The van der Waals surface area contributed by atoms with Gasteiger partial charge in [0.15, 0.2) is 0 Å². The van der Waals surface area contributed by atoms with E-state index in [1.54, 1.807) is 12.1 Å². The molecular weight excluding hydrogens is 286 g/mol. The monoisotopic (exact) mass is 303 g/mol. The molecule has 2 heterocycles. The Hall–Kier alpha value is -2.57. The third kappa shape index (κ3) is 2.38. The lowest BCUT2D eigenvalue weighted by molar-refractivity contribution is -0.384. The molecular formula is C15H17N3O4. The minimum Gasteiger partial charge on any atom is -0.480 e. The van der Waals surface area contributed by atoms with Crippen LogP contribution in [0.1, 0.15) is 24.8 Å². The first-order valence-corrected chi connectivity index (χ1v) is 7.20. The van der Waals surface area contributed by atoms with E-state index in [1.807, 2.05) is 11.9 Å². The first-order valence-electron chi connectivity index (χ1n) is 7.20. The number of allylic oxidation sites excluding steroid dienone is 1. The summed E-state index contributed by atoms with van der Waals surface area (Å²) in [6.07, 6.45) is 2.94. The number of nitrogens with zero attached hydrogens (tertiary/aromatic N) is 2. The van der Waals surface area contributed by atoms with Crippen molar-refractivity contribution < 1.29 is 14.8 Å². The smallest absolute Gasteiger partial charge is 0.326 e. The first kappa shape index (κ1) is 14.4. The molecule has 22 heavy (non-hydrogen) atoms. The Morgan fingerprint density at radius 1 is 1.50 bits per heavy atom. The number of non-ortho nitro benzene ring substituents is 1. The van der Waals surface area contributed by atoms with Crippen LogP contribution in [0.3, 0.4) is 0 Å². The average molecular weight is 303 g/mol. The van der Waals surface area contributed by atoms with Crippen LogP contribution < -0.4 is 10.2 Å². The molecule has 0 radical (unpaired) electrons. The molecule has 1 aromatic rings. The number of carboxylic acids is 1. The van der Waals surface area contributed by atoms with E-state index < -0.39 is 16.9 Å². The van der Waals surface area contributed by atoms with Gasteiger partial charge in [0.25, 0.3) is 5.69 Å². The predicted molar refractivity (Wildman–Crippen MR) is 80.6 cm³/mol. The lowest BCUT2D eigenvalue weighted by Crippen LogP contribution is -2.42. The van der Waals surface area contributed by atoms with Crippen molar-refractivity contribution >= 4 is 17.3 Å². The molecule has 0 fully saturated rings. The molecule has 2 aliphatic heterocycles. The van der Waals surface area contributed by atoms with Crippen molar-refractivity contribution in [2.75, 3.05) is 11.9 Å². The van der Waals surface area contributed by atoms with E-state index in [0.29, 0.717) is 12.8 Å². The zero-order chi connectivity index (χ0) is 15.9. The molecule has 1 unspecified atom stereocenters. The average Bonchev–Trinajstić information content (AvgIpc) is 2.69. The van der Waals surface area contributed by atoms with Gasteiger partial charge in [-0.25, -0.2) is 4.79 Å². The van der Waals surface area contributed by atoms with Crippen LogP contribution in [-0.4, -0.2) is 29.1 Å². The molecule has 116 valence electrons. The second kappa shape index (κ2) is 5.32. The Morgan fingerprint density at radius 2 is 2.27 bits per heavy atom. The van der Waals surface area contributed by atoms with Crippen LogP contribution in [0.5, 0.6) is 0 Å². The number of carbonyl (C=O) groups is 1. The molecule has 2 aliphatic rings. The molecule has 2 N–H and O–H groups in total. The number of nitrogens with one attached hydrogen (secondary N) is 1. The highest BCUT2D eigenvalue weighted by Crippen LogP contribution is 2.36. The number of nitro benzene ring substituents is 1. The molecule has 1 atom stereocenters. The normalized spacial score (nSPS) is 20.6. The number of hydrogen-bond donors (Lipinski definition) is 2. The lowest BCUT2D eigenvalue weighted by Gasteiger charge is -2.33. The van der Waals surface area contributed by atoms with Crippen molar-refractivity contribution in [2.24, 2.45) is 0 Å². The van der Waals surface area contributed by atoms with Crippen LogP contribution in [0, 0.1) is 10.1 Å². The van der Waals surface area contributed by atoms with E-state index in [9.17, 15) is 20.0 Å². The third-order valence-corrected chi connectivity index (χ3v) is 4.30. The molecule has 7 nitrogen and oxygen atoms in total. The van der Waals surface area contributed by atoms with Gasteiger partial charge in [0.2, 0.25) is 0 Å². The van der Waals surface area contributed by atoms with E-state index in [1.165, 1.54) is 6.07 Å². The fourth-order valence-corrected chi connectivity index (χ4v) is 3.15. The fourth-order valence-electron chi connectivity index (χ4n) is 3.15. The van der Waals surface area contributed by atoms with Crippen LogP contribution in [-0.2, 0) is 11.2 Å². The summed E-state index contributed by atoms with van der Waals surface area (Å²) < 4.78 is 0. The van der Waals surface area contributed by atoms with Gasteiger partial charge in [-0.1, -0.05) is 0 Å². The summed E-state index contributed by atoms with van der Waals surface area (Å²) in [4.78, 5) is 23.7. The zero-order valence-electron chi connectivity index (χ0n) is 12.2. The number of benzene rings is 1. The van der Waals surface area contributed by atoms with Gasteiger partial charge >= 0.3 is 5.97 Å². The van der Waals surface area contributed by atoms with Crippen molar-refractivity contribution in [1.29, 1.82) is 0 Å². The predicted octanol–water partition coefficient (Wildman–Crippen LogP) is 2.03. The summed E-state index contributed by atoms with van der Waals surface area (Å²) in [5.41, 5.74) is 2.99. The van der Waals surface area contributed by atoms with E-state index in [0.717, 1.165) is 35.5 Å². The maximum atomic E-state index is 11.3. The van der Waals surface area contributed by atoms with Gasteiger partial charge in [-0.2, -0.15) is 0 Å². The maximum Gasteiger partial charge on any atom is 0.326 e. The molecule has 0 saturated carbocycles. The van der Waals surface area contributed by atoms with Gasteiger partial charge in [0.05, 0.1) is 10.6 Å².